The summed E-state index contributed by atoms with van der Waals surface area (Å²) in [4.78, 5) is 28.3. The third-order valence-electron chi connectivity index (χ3n) is 6.82. The van der Waals surface area contributed by atoms with Crippen molar-refractivity contribution in [2.24, 2.45) is 13.0 Å². The summed E-state index contributed by atoms with van der Waals surface area (Å²) in [6, 6.07) is 15.8. The van der Waals surface area contributed by atoms with Gasteiger partial charge in [0.2, 0.25) is 5.91 Å². The average molecular weight is 451 g/mol. The number of nitrogens with one attached hydrogen (secondary N) is 1. The maximum atomic E-state index is 13.1. The Morgan fingerprint density at radius 1 is 1.09 bits per heavy atom. The Morgan fingerprint density at radius 3 is 2.36 bits per heavy atom. The number of likely N-dealkylation sites (tertiary alicyclic amines) is 1. The highest BCUT2D eigenvalue weighted by molar-refractivity contribution is 5.95. The zero-order valence-electron chi connectivity index (χ0n) is 19.4. The van der Waals surface area contributed by atoms with Crippen LogP contribution in [0.1, 0.15) is 31.0 Å². The van der Waals surface area contributed by atoms with Gasteiger partial charge in [0.25, 0.3) is 5.56 Å². The first-order chi connectivity index (χ1) is 15.8. The molecule has 6 nitrogen and oxygen atoms in total. The molecule has 4 rings (SSSR count). The van der Waals surface area contributed by atoms with Crippen molar-refractivity contribution >= 4 is 11.6 Å². The van der Waals surface area contributed by atoms with Gasteiger partial charge in [-0.1, -0.05) is 30.3 Å². The van der Waals surface area contributed by atoms with Crippen molar-refractivity contribution in [2.75, 3.05) is 18.4 Å². The number of hydrogen-bond acceptors (Lipinski definition) is 3. The van der Waals surface area contributed by atoms with Crippen LogP contribution in [-0.4, -0.2) is 39.3 Å². The van der Waals surface area contributed by atoms with Crippen LogP contribution in [0.2, 0.25) is 0 Å². The molecule has 1 atom stereocenters. The van der Waals surface area contributed by atoms with Gasteiger partial charge >= 0.3 is 0 Å². The Hall–Kier alpha value is -3.19. The van der Waals surface area contributed by atoms with Gasteiger partial charge in [-0.2, -0.15) is 0 Å². The largest absolute Gasteiger partial charge is 0.319 e. The topological polar surface area (TPSA) is 59.3 Å². The molecule has 1 aromatic heterocycles. The lowest BCUT2D eigenvalue weighted by molar-refractivity contribution is -0.121. The summed E-state index contributed by atoms with van der Waals surface area (Å²) in [5, 5.41) is 2.89. The highest BCUT2D eigenvalue weighted by Gasteiger charge is 2.28. The molecule has 1 fully saturated rings. The van der Waals surface area contributed by atoms with Crippen LogP contribution >= 0.6 is 0 Å². The van der Waals surface area contributed by atoms with Gasteiger partial charge in [0.15, 0.2) is 0 Å². The van der Waals surface area contributed by atoms with E-state index < -0.39 is 0 Å². The van der Waals surface area contributed by atoms with E-state index in [0.717, 1.165) is 43.6 Å². The summed E-state index contributed by atoms with van der Waals surface area (Å²) in [7, 11) is 1.81. The number of carbonyl (C=O) groups excluding carboxylic acids is 1. The maximum absolute atomic E-state index is 13.1. The quantitative estimate of drug-likeness (QED) is 0.620. The number of halogens is 1. The summed E-state index contributed by atoms with van der Waals surface area (Å²) < 4.78 is 16.5. The molecular weight excluding hydrogens is 419 g/mol. The molecule has 7 heteroatoms. The first kappa shape index (κ1) is 23.0. The van der Waals surface area contributed by atoms with E-state index >= 15 is 0 Å². The lowest BCUT2D eigenvalue weighted by Crippen LogP contribution is -2.46. The maximum Gasteiger partial charge on any atom is 0.295 e. The fourth-order valence-electron chi connectivity index (χ4n) is 4.60. The normalized spacial score (nSPS) is 16.0. The van der Waals surface area contributed by atoms with E-state index in [9.17, 15) is 14.0 Å². The number of aromatic nitrogens is 2. The zero-order valence-corrected chi connectivity index (χ0v) is 19.4. The van der Waals surface area contributed by atoms with E-state index in [4.69, 9.17) is 0 Å². The van der Waals surface area contributed by atoms with Crippen LogP contribution in [0.25, 0.3) is 5.69 Å². The molecule has 0 aliphatic carbocycles. The molecule has 2 aromatic carbocycles. The molecule has 2 heterocycles. The minimum Gasteiger partial charge on any atom is -0.319 e. The van der Waals surface area contributed by atoms with Crippen molar-refractivity contribution in [3.63, 3.8) is 0 Å². The fraction of sp³-hybridized carbons (Fsp3) is 0.385. The highest BCUT2D eigenvalue weighted by atomic mass is 19.1. The predicted octanol–water partition coefficient (Wildman–Crippen LogP) is 3.91. The van der Waals surface area contributed by atoms with Gasteiger partial charge in [-0.05, 0) is 81.9 Å². The summed E-state index contributed by atoms with van der Waals surface area (Å²) in [6.07, 6.45) is 2.90. The van der Waals surface area contributed by atoms with Crippen LogP contribution in [0.4, 0.5) is 10.1 Å². The van der Waals surface area contributed by atoms with Crippen molar-refractivity contribution in [2.45, 2.75) is 39.2 Å². The van der Waals surface area contributed by atoms with E-state index in [2.05, 4.69) is 10.2 Å². The third kappa shape index (κ3) is 4.93. The molecular formula is C26H31FN4O2. The van der Waals surface area contributed by atoms with Crippen molar-refractivity contribution in [3.05, 3.63) is 82.0 Å². The average Bonchev–Trinajstić information content (AvgIpc) is 3.04. The third-order valence-corrected chi connectivity index (χ3v) is 6.82. The second kappa shape index (κ2) is 9.75. The Kier molecular flexibility index (Phi) is 6.79. The van der Waals surface area contributed by atoms with Crippen molar-refractivity contribution in [3.8, 4) is 5.69 Å². The van der Waals surface area contributed by atoms with Gasteiger partial charge in [-0.25, -0.2) is 9.07 Å². The standard InChI is InChI=1S/C26H31FN4O2/c1-18-24(26(33)31(29(18)3)23-7-5-4-6-8-23)28-25(32)19(2)30-15-13-21(14-16-30)17-20-9-11-22(27)12-10-20/h4-12,19,21H,13-17H2,1-3H3,(H,28,32). The Morgan fingerprint density at radius 2 is 1.73 bits per heavy atom. The van der Waals surface area contributed by atoms with E-state index in [0.29, 0.717) is 17.3 Å². The zero-order chi connectivity index (χ0) is 23.5. The number of rotatable bonds is 6. The number of amides is 1. The summed E-state index contributed by atoms with van der Waals surface area (Å²) in [6.45, 7) is 5.37. The van der Waals surface area contributed by atoms with Crippen molar-refractivity contribution in [1.82, 2.24) is 14.3 Å². The molecule has 0 bridgehead atoms. The molecule has 1 aliphatic rings. The van der Waals surface area contributed by atoms with E-state index in [1.807, 2.05) is 63.4 Å². The van der Waals surface area contributed by atoms with Crippen LogP contribution < -0.4 is 10.9 Å². The van der Waals surface area contributed by atoms with Crippen LogP contribution in [-0.2, 0) is 18.3 Å². The SMILES string of the molecule is Cc1c(NC(=O)C(C)N2CCC(Cc3ccc(F)cc3)CC2)c(=O)n(-c2ccccc2)n1C. The lowest BCUT2D eigenvalue weighted by atomic mass is 9.89. The van der Waals surface area contributed by atoms with Crippen LogP contribution in [0.5, 0.6) is 0 Å². The minimum absolute atomic E-state index is 0.169. The Balaban J connectivity index is 1.39. The molecule has 3 aromatic rings. The van der Waals surface area contributed by atoms with Gasteiger partial charge in [0.1, 0.15) is 11.5 Å². The molecule has 1 N–H and O–H groups in total. The Bertz CT molecular complexity index is 1160. The van der Waals surface area contributed by atoms with E-state index in [1.165, 1.54) is 12.1 Å². The molecule has 174 valence electrons. The van der Waals surface area contributed by atoms with Crippen LogP contribution in [0.3, 0.4) is 0 Å². The molecule has 1 amide bonds. The summed E-state index contributed by atoms with van der Waals surface area (Å²) in [5.74, 6) is 0.145. The van der Waals surface area contributed by atoms with Crippen LogP contribution in [0, 0.1) is 18.7 Å². The summed E-state index contributed by atoms with van der Waals surface area (Å²) in [5.41, 5.74) is 2.70. The Labute approximate surface area is 193 Å². The molecule has 1 saturated heterocycles. The monoisotopic (exact) mass is 450 g/mol. The number of anilines is 1. The second-order valence-corrected chi connectivity index (χ2v) is 8.91. The number of para-hydroxylation sites is 1. The van der Waals surface area contributed by atoms with Gasteiger partial charge in [-0.15, -0.1) is 0 Å². The van der Waals surface area contributed by atoms with Gasteiger partial charge in [0.05, 0.1) is 17.4 Å². The highest BCUT2D eigenvalue weighted by Crippen LogP contribution is 2.24. The molecule has 0 radical (unpaired) electrons. The predicted molar refractivity (Wildman–Crippen MR) is 128 cm³/mol. The minimum atomic E-state index is -0.332. The summed E-state index contributed by atoms with van der Waals surface area (Å²) >= 11 is 0. The van der Waals surface area contributed by atoms with Crippen molar-refractivity contribution in [1.29, 1.82) is 0 Å². The second-order valence-electron chi connectivity index (χ2n) is 8.91. The molecule has 33 heavy (non-hydrogen) atoms. The van der Waals surface area contributed by atoms with Crippen molar-refractivity contribution < 1.29 is 9.18 Å². The van der Waals surface area contributed by atoms with E-state index in [1.54, 1.807) is 9.36 Å². The number of hydrogen-bond donors (Lipinski definition) is 1. The van der Waals surface area contributed by atoms with Gasteiger partial charge < -0.3 is 5.32 Å². The number of benzene rings is 2. The molecule has 1 unspecified atom stereocenters. The van der Waals surface area contributed by atoms with E-state index in [-0.39, 0.29) is 23.3 Å². The molecule has 0 saturated carbocycles. The molecule has 1 aliphatic heterocycles. The first-order valence-corrected chi connectivity index (χ1v) is 11.5. The smallest absolute Gasteiger partial charge is 0.295 e. The number of piperidine rings is 1. The van der Waals surface area contributed by atoms with Crippen LogP contribution in [0.15, 0.2) is 59.4 Å². The lowest BCUT2D eigenvalue weighted by Gasteiger charge is -2.35. The van der Waals surface area contributed by atoms with Gasteiger partial charge in [0, 0.05) is 7.05 Å². The first-order valence-electron chi connectivity index (χ1n) is 11.5. The number of carbonyl (C=O) groups is 1. The molecule has 0 spiro atoms. The van der Waals surface area contributed by atoms with Gasteiger partial charge in [-0.3, -0.25) is 19.2 Å². The fourth-order valence-corrected chi connectivity index (χ4v) is 4.60. The number of nitrogens with zero attached hydrogens (tertiary/aromatic N) is 3.